The first-order valence-corrected chi connectivity index (χ1v) is 17.2. The number of hydrogen-bond donors (Lipinski definition) is 1. The second-order valence-electron chi connectivity index (χ2n) is 16.0. The molecule has 2 aromatic rings. The molecule has 1 aromatic carbocycles. The minimum atomic E-state index is -0.650. The zero-order chi connectivity index (χ0) is 31.2. The van der Waals surface area contributed by atoms with Gasteiger partial charge in [0.2, 0.25) is 0 Å². The number of rotatable bonds is 8. The monoisotopic (exact) mass is 604 g/mol. The highest BCUT2D eigenvalue weighted by molar-refractivity contribution is 5.80. The number of aromatic nitrogens is 2. The summed E-state index contributed by atoms with van der Waals surface area (Å²) in [5, 5.41) is 12.4. The van der Waals surface area contributed by atoms with E-state index in [4.69, 9.17) is 9.47 Å². The Bertz CT molecular complexity index is 1590. The van der Waals surface area contributed by atoms with Gasteiger partial charge in [0.1, 0.15) is 6.79 Å². The van der Waals surface area contributed by atoms with E-state index in [0.29, 0.717) is 29.0 Å². The van der Waals surface area contributed by atoms with E-state index in [1.807, 2.05) is 33.6 Å². The van der Waals surface area contributed by atoms with E-state index in [1.54, 1.807) is 7.11 Å². The Labute approximate surface area is 261 Å². The topological polar surface area (TPSA) is 82.7 Å². The molecule has 6 aliphatic rings. The maximum atomic E-state index is 14.8. The van der Waals surface area contributed by atoms with Gasteiger partial charge < -0.3 is 14.6 Å². The zero-order valence-electron chi connectivity index (χ0n) is 27.6. The van der Waals surface area contributed by atoms with Crippen LogP contribution in [0.1, 0.15) is 92.4 Å². The van der Waals surface area contributed by atoms with Crippen LogP contribution in [0.25, 0.3) is 10.8 Å². The quantitative estimate of drug-likeness (QED) is 0.287. The van der Waals surface area contributed by atoms with Gasteiger partial charge in [-0.25, -0.2) is 9.36 Å². The van der Waals surface area contributed by atoms with Crippen LogP contribution in [0.5, 0.6) is 0 Å². The molecule has 2 spiro atoms. The molecule has 0 radical (unpaired) electrons. The Morgan fingerprint density at radius 1 is 0.909 bits per heavy atom. The van der Waals surface area contributed by atoms with Crippen molar-refractivity contribution in [2.24, 2.45) is 40.4 Å². The SMILES string of the molecule is COCOC1CC[C@]2(C)[C@H]3CC[C@]4(C)[C@@H]([C@H](C)C(O)CCC(C)C)CC[C@H]4[C@]34C=CC2(C1)n1c(=O)c2ccccc2c(=O)n14. The summed E-state index contributed by atoms with van der Waals surface area (Å²) in [4.78, 5) is 29.6. The van der Waals surface area contributed by atoms with E-state index >= 15 is 0 Å². The molecule has 7 heteroatoms. The van der Waals surface area contributed by atoms with Crippen molar-refractivity contribution in [3.8, 4) is 0 Å². The van der Waals surface area contributed by atoms with E-state index in [2.05, 4.69) is 46.8 Å². The number of benzene rings is 1. The van der Waals surface area contributed by atoms with Crippen molar-refractivity contribution in [1.82, 2.24) is 9.36 Å². The van der Waals surface area contributed by atoms with Crippen molar-refractivity contribution in [3.05, 3.63) is 57.1 Å². The summed E-state index contributed by atoms with van der Waals surface area (Å²) >= 11 is 0. The fourth-order valence-electron chi connectivity index (χ4n) is 11.7. The molecule has 3 unspecified atom stereocenters. The minimum Gasteiger partial charge on any atom is -0.393 e. The fraction of sp³-hybridized carbons (Fsp3) is 0.730. The highest BCUT2D eigenvalue weighted by Crippen LogP contribution is 2.74. The molecule has 3 saturated carbocycles. The second kappa shape index (κ2) is 10.4. The molecule has 0 saturated heterocycles. The molecule has 2 bridgehead atoms. The van der Waals surface area contributed by atoms with Gasteiger partial charge in [0.25, 0.3) is 11.1 Å². The third kappa shape index (κ3) is 3.78. The molecule has 7 nitrogen and oxygen atoms in total. The molecular formula is C37H52N2O5. The number of allylic oxidation sites excluding steroid dienone is 2. The Kier molecular flexibility index (Phi) is 7.19. The minimum absolute atomic E-state index is 0.0441. The summed E-state index contributed by atoms with van der Waals surface area (Å²) in [7, 11) is 1.64. The fourth-order valence-corrected chi connectivity index (χ4v) is 11.7. The van der Waals surface area contributed by atoms with Crippen LogP contribution in [0.4, 0.5) is 0 Å². The highest BCUT2D eigenvalue weighted by Gasteiger charge is 2.74. The first-order valence-electron chi connectivity index (χ1n) is 17.2. The Hall–Kier alpha value is -2.22. The Morgan fingerprint density at radius 2 is 1.61 bits per heavy atom. The summed E-state index contributed by atoms with van der Waals surface area (Å²) in [6.45, 7) is 11.8. The highest BCUT2D eigenvalue weighted by atomic mass is 16.7. The number of methoxy groups -OCH3 is 1. The molecule has 3 fully saturated rings. The van der Waals surface area contributed by atoms with Crippen molar-refractivity contribution in [3.63, 3.8) is 0 Å². The molecule has 2 aliphatic heterocycles. The molecule has 3 heterocycles. The molecular weight excluding hydrogens is 552 g/mol. The largest absolute Gasteiger partial charge is 0.393 e. The predicted molar refractivity (Wildman–Crippen MR) is 173 cm³/mol. The average molecular weight is 605 g/mol. The number of aliphatic hydroxyl groups excluding tert-OH is 1. The molecule has 10 atom stereocenters. The molecule has 1 aromatic heterocycles. The van der Waals surface area contributed by atoms with Crippen molar-refractivity contribution >= 4 is 10.8 Å². The molecule has 240 valence electrons. The van der Waals surface area contributed by atoms with E-state index in [-0.39, 0.29) is 58.7 Å². The lowest BCUT2D eigenvalue weighted by molar-refractivity contribution is -0.212. The third-order valence-corrected chi connectivity index (χ3v) is 13.8. The van der Waals surface area contributed by atoms with Crippen molar-refractivity contribution in [2.75, 3.05) is 13.9 Å². The van der Waals surface area contributed by atoms with E-state index in [9.17, 15) is 14.7 Å². The van der Waals surface area contributed by atoms with Gasteiger partial charge in [-0.15, -0.1) is 0 Å². The molecule has 8 rings (SSSR count). The number of ether oxygens (including phenoxy) is 2. The van der Waals surface area contributed by atoms with Crippen molar-refractivity contribution in [2.45, 2.75) is 116 Å². The third-order valence-electron chi connectivity index (χ3n) is 13.8. The Morgan fingerprint density at radius 3 is 2.30 bits per heavy atom. The maximum absolute atomic E-state index is 14.8. The van der Waals surface area contributed by atoms with Crippen LogP contribution in [0.2, 0.25) is 0 Å². The van der Waals surface area contributed by atoms with Gasteiger partial charge in [-0.05, 0) is 98.5 Å². The normalized spacial score (nSPS) is 40.0. The second-order valence-corrected chi connectivity index (χ2v) is 16.0. The average Bonchev–Trinajstić information content (AvgIpc) is 3.37. The number of hydrogen-bond acceptors (Lipinski definition) is 5. The summed E-state index contributed by atoms with van der Waals surface area (Å²) in [6.07, 6.45) is 12.8. The maximum Gasteiger partial charge on any atom is 0.274 e. The smallest absolute Gasteiger partial charge is 0.274 e. The lowest BCUT2D eigenvalue weighted by Crippen LogP contribution is -2.78. The molecule has 44 heavy (non-hydrogen) atoms. The number of nitrogens with zero attached hydrogens (tertiary/aromatic N) is 2. The number of fused-ring (bicyclic) bond motifs is 2. The van der Waals surface area contributed by atoms with Crippen molar-refractivity contribution in [1.29, 1.82) is 0 Å². The summed E-state index contributed by atoms with van der Waals surface area (Å²) in [5.41, 5.74) is -1.59. The zero-order valence-corrected chi connectivity index (χ0v) is 27.6. The van der Waals surface area contributed by atoms with Gasteiger partial charge in [0, 0.05) is 18.9 Å². The van der Waals surface area contributed by atoms with Crippen molar-refractivity contribution < 1.29 is 14.6 Å². The number of aliphatic hydroxyl groups is 1. The summed E-state index contributed by atoms with van der Waals surface area (Å²) in [6, 6.07) is 7.40. The first-order chi connectivity index (χ1) is 21.0. The van der Waals surface area contributed by atoms with Gasteiger partial charge in [0.05, 0.1) is 34.1 Å². The lowest BCUT2D eigenvalue weighted by atomic mass is 9.40. The Balaban J connectivity index is 1.42. The molecule has 0 amide bonds. The van der Waals surface area contributed by atoms with E-state index in [0.717, 1.165) is 51.4 Å². The van der Waals surface area contributed by atoms with Crippen LogP contribution in [0.3, 0.4) is 0 Å². The van der Waals surface area contributed by atoms with E-state index in [1.165, 1.54) is 0 Å². The van der Waals surface area contributed by atoms with Gasteiger partial charge in [-0.1, -0.05) is 58.9 Å². The van der Waals surface area contributed by atoms with Crippen LogP contribution < -0.4 is 11.1 Å². The van der Waals surface area contributed by atoms with Crippen LogP contribution in [0.15, 0.2) is 46.0 Å². The van der Waals surface area contributed by atoms with Crippen LogP contribution >= 0.6 is 0 Å². The van der Waals surface area contributed by atoms with Gasteiger partial charge in [-0.3, -0.25) is 9.59 Å². The standard InChI is InChI=1S/C37H52N2O5/c1-23(2)11-13-29(40)24(3)28-12-14-30-34(28,4)17-16-31-35(5)18-15-25(44-22-43-6)21-36(35)19-20-37(30,31)39-33(42)27-10-8-7-9-26(27)32(41)38(36)39/h7-10,19-20,23-25,28-31,40H,11-18,21-22H2,1-6H3/t24-,25?,28+,29?,30+,31+,34+,35+,36?,37+/m0/s1. The summed E-state index contributed by atoms with van der Waals surface area (Å²) in [5.74, 6) is 1.57. The molecule has 4 aliphatic carbocycles. The van der Waals surface area contributed by atoms with Crippen LogP contribution in [0, 0.1) is 40.4 Å². The predicted octanol–water partition coefficient (Wildman–Crippen LogP) is 6.19. The van der Waals surface area contributed by atoms with Gasteiger partial charge in [-0.2, -0.15) is 0 Å². The van der Waals surface area contributed by atoms with E-state index < -0.39 is 11.1 Å². The van der Waals surface area contributed by atoms with Crippen LogP contribution in [-0.4, -0.2) is 40.6 Å². The van der Waals surface area contributed by atoms with Gasteiger partial charge in [0.15, 0.2) is 0 Å². The first kappa shape index (κ1) is 30.4. The van der Waals surface area contributed by atoms with Crippen LogP contribution in [-0.2, 0) is 20.6 Å². The molecule has 1 N–H and O–H groups in total. The van der Waals surface area contributed by atoms with Gasteiger partial charge >= 0.3 is 0 Å². The summed E-state index contributed by atoms with van der Waals surface area (Å²) < 4.78 is 15.4. The lowest BCUT2D eigenvalue weighted by Gasteiger charge is -2.72.